The second kappa shape index (κ2) is 5.28. The quantitative estimate of drug-likeness (QED) is 0.902. The van der Waals surface area contributed by atoms with Gasteiger partial charge in [0, 0.05) is 6.61 Å². The lowest BCUT2D eigenvalue weighted by Crippen LogP contribution is -2.29. The monoisotopic (exact) mass is 262 g/mol. The summed E-state index contributed by atoms with van der Waals surface area (Å²) in [6.07, 6.45) is -4.37. The maximum atomic E-state index is 12.5. The van der Waals surface area contributed by atoms with Crippen LogP contribution in [0.15, 0.2) is 18.2 Å². The second-order valence-corrected chi connectivity index (χ2v) is 4.44. The fourth-order valence-corrected chi connectivity index (χ4v) is 1.82. The number of aryl methyl sites for hydroxylation is 1. The molecule has 1 atom stereocenters. The Balaban J connectivity index is 3.05. The van der Waals surface area contributed by atoms with Gasteiger partial charge in [-0.2, -0.15) is 13.2 Å². The van der Waals surface area contributed by atoms with Crippen molar-refractivity contribution in [3.8, 4) is 0 Å². The molecule has 0 amide bonds. The zero-order valence-electron chi connectivity index (χ0n) is 10.6. The molecule has 0 aliphatic heterocycles. The van der Waals surface area contributed by atoms with Crippen molar-refractivity contribution in [1.82, 2.24) is 0 Å². The predicted molar refractivity (Wildman–Crippen MR) is 62.2 cm³/mol. The summed E-state index contributed by atoms with van der Waals surface area (Å²) in [6.45, 7) is 5.35. The van der Waals surface area contributed by atoms with Crippen LogP contribution < -0.4 is 0 Å². The summed E-state index contributed by atoms with van der Waals surface area (Å²) in [7, 11) is 0. The normalized spacial score (nSPS) is 15.5. The lowest BCUT2D eigenvalue weighted by molar-refractivity contribution is -0.137. The Labute approximate surface area is 104 Å². The average molecular weight is 262 g/mol. The minimum absolute atomic E-state index is 0.0513. The van der Waals surface area contributed by atoms with Crippen LogP contribution in [0.4, 0.5) is 13.2 Å². The topological polar surface area (TPSA) is 29.5 Å². The third-order valence-corrected chi connectivity index (χ3v) is 2.72. The van der Waals surface area contributed by atoms with Crippen LogP contribution >= 0.6 is 0 Å². The van der Waals surface area contributed by atoms with Gasteiger partial charge in [-0.25, -0.2) is 0 Å². The number of hydrogen-bond donors (Lipinski definition) is 1. The molecule has 0 bridgehead atoms. The first-order valence-electron chi connectivity index (χ1n) is 5.67. The summed E-state index contributed by atoms with van der Waals surface area (Å²) < 4.78 is 42.7. The van der Waals surface area contributed by atoms with Crippen molar-refractivity contribution in [1.29, 1.82) is 0 Å². The fourth-order valence-electron chi connectivity index (χ4n) is 1.82. The van der Waals surface area contributed by atoms with Gasteiger partial charge < -0.3 is 9.84 Å². The smallest absolute Gasteiger partial charge is 0.383 e. The van der Waals surface area contributed by atoms with Crippen molar-refractivity contribution >= 4 is 0 Å². The van der Waals surface area contributed by atoms with Crippen molar-refractivity contribution in [3.05, 3.63) is 34.9 Å². The lowest BCUT2D eigenvalue weighted by Gasteiger charge is -2.26. The average Bonchev–Trinajstić information content (AvgIpc) is 2.24. The van der Waals surface area contributed by atoms with E-state index in [1.165, 1.54) is 13.0 Å². The number of ether oxygens (including phenoxy) is 1. The van der Waals surface area contributed by atoms with Crippen molar-refractivity contribution < 1.29 is 23.0 Å². The Bertz CT molecular complexity index is 411. The van der Waals surface area contributed by atoms with E-state index in [0.717, 1.165) is 12.1 Å². The maximum Gasteiger partial charge on any atom is 0.416 e. The van der Waals surface area contributed by atoms with E-state index in [9.17, 15) is 18.3 Å². The van der Waals surface area contributed by atoms with Crippen LogP contribution in [0, 0.1) is 6.92 Å². The number of aliphatic hydroxyl groups is 1. The Hall–Kier alpha value is -1.07. The maximum absolute atomic E-state index is 12.5. The van der Waals surface area contributed by atoms with Gasteiger partial charge >= 0.3 is 6.18 Å². The number of hydrogen-bond acceptors (Lipinski definition) is 2. The Morgan fingerprint density at radius 3 is 2.33 bits per heavy atom. The highest BCUT2D eigenvalue weighted by Gasteiger charge is 2.32. The molecule has 102 valence electrons. The molecule has 1 rings (SSSR count). The molecule has 0 saturated heterocycles. The first kappa shape index (κ1) is 15.0. The molecule has 0 aromatic heterocycles. The molecular weight excluding hydrogens is 245 g/mol. The Kier molecular flexibility index (Phi) is 4.40. The molecule has 0 radical (unpaired) electrons. The van der Waals surface area contributed by atoms with Gasteiger partial charge in [0.1, 0.15) is 5.60 Å². The molecular formula is C13H17F3O2. The van der Waals surface area contributed by atoms with Gasteiger partial charge in [-0.3, -0.25) is 0 Å². The third-order valence-electron chi connectivity index (χ3n) is 2.72. The number of alkyl halides is 3. The van der Waals surface area contributed by atoms with Gasteiger partial charge in [0.25, 0.3) is 0 Å². The zero-order chi connectivity index (χ0) is 14.0. The van der Waals surface area contributed by atoms with Crippen molar-refractivity contribution in [2.45, 2.75) is 32.5 Å². The summed E-state index contributed by atoms with van der Waals surface area (Å²) in [5.41, 5.74) is -1.15. The molecule has 1 N–H and O–H groups in total. The summed E-state index contributed by atoms with van der Waals surface area (Å²) in [6, 6.07) is 3.32. The molecule has 0 fully saturated rings. The number of halogens is 3. The van der Waals surface area contributed by atoms with Gasteiger partial charge in [0.15, 0.2) is 0 Å². The number of rotatable bonds is 4. The van der Waals surface area contributed by atoms with Crippen molar-refractivity contribution in [3.63, 3.8) is 0 Å². The van der Waals surface area contributed by atoms with Gasteiger partial charge in [0.2, 0.25) is 0 Å². The Morgan fingerprint density at radius 2 is 1.89 bits per heavy atom. The highest BCUT2D eigenvalue weighted by Crippen LogP contribution is 2.33. The van der Waals surface area contributed by atoms with Crippen LogP contribution in [0.25, 0.3) is 0 Å². The van der Waals surface area contributed by atoms with E-state index < -0.39 is 17.3 Å². The summed E-state index contributed by atoms with van der Waals surface area (Å²) in [4.78, 5) is 0. The summed E-state index contributed by atoms with van der Waals surface area (Å²) in [5, 5.41) is 10.2. The molecule has 0 aliphatic carbocycles. The van der Waals surface area contributed by atoms with E-state index in [-0.39, 0.29) is 6.61 Å². The molecule has 0 aliphatic rings. The van der Waals surface area contributed by atoms with E-state index in [1.54, 1.807) is 13.8 Å². The van der Waals surface area contributed by atoms with Crippen LogP contribution in [-0.4, -0.2) is 18.3 Å². The minimum atomic E-state index is -4.37. The van der Waals surface area contributed by atoms with Crippen LogP contribution in [0.3, 0.4) is 0 Å². The molecule has 5 heteroatoms. The lowest BCUT2D eigenvalue weighted by atomic mass is 9.91. The van der Waals surface area contributed by atoms with E-state index in [1.807, 2.05) is 0 Å². The molecule has 1 aromatic carbocycles. The summed E-state index contributed by atoms with van der Waals surface area (Å²) >= 11 is 0. The van der Waals surface area contributed by atoms with Gasteiger partial charge in [0.05, 0.1) is 12.2 Å². The van der Waals surface area contributed by atoms with Crippen LogP contribution in [0.1, 0.15) is 30.5 Å². The molecule has 1 aromatic rings. The second-order valence-electron chi connectivity index (χ2n) is 4.44. The third kappa shape index (κ3) is 3.46. The van der Waals surface area contributed by atoms with E-state index >= 15 is 0 Å². The highest BCUT2D eigenvalue weighted by molar-refractivity contribution is 5.36. The zero-order valence-corrected chi connectivity index (χ0v) is 10.6. The molecule has 18 heavy (non-hydrogen) atoms. The van der Waals surface area contributed by atoms with Crippen LogP contribution in [0.2, 0.25) is 0 Å². The Morgan fingerprint density at radius 1 is 1.28 bits per heavy atom. The van der Waals surface area contributed by atoms with Crippen LogP contribution in [-0.2, 0) is 16.5 Å². The first-order valence-corrected chi connectivity index (χ1v) is 5.67. The molecule has 0 heterocycles. The van der Waals surface area contributed by atoms with Gasteiger partial charge in [-0.1, -0.05) is 6.07 Å². The van der Waals surface area contributed by atoms with Crippen molar-refractivity contribution in [2.75, 3.05) is 13.2 Å². The molecule has 1 unspecified atom stereocenters. The van der Waals surface area contributed by atoms with E-state index in [2.05, 4.69) is 0 Å². The van der Waals surface area contributed by atoms with E-state index in [4.69, 9.17) is 4.74 Å². The van der Waals surface area contributed by atoms with Gasteiger partial charge in [-0.15, -0.1) is 0 Å². The summed E-state index contributed by atoms with van der Waals surface area (Å²) in [5.74, 6) is 0. The highest BCUT2D eigenvalue weighted by atomic mass is 19.4. The SMILES string of the molecule is CCOCC(C)(O)c1ccc(C(F)(F)F)cc1C. The molecule has 2 nitrogen and oxygen atoms in total. The minimum Gasteiger partial charge on any atom is -0.383 e. The fraction of sp³-hybridized carbons (Fsp3) is 0.538. The molecule has 0 spiro atoms. The molecule has 0 saturated carbocycles. The predicted octanol–water partition coefficient (Wildman–Crippen LogP) is 3.26. The largest absolute Gasteiger partial charge is 0.416 e. The standard InChI is InChI=1S/C13H17F3O2/c1-4-18-8-12(3,17)11-6-5-10(7-9(11)2)13(14,15)16/h5-7,17H,4,8H2,1-3H3. The van der Waals surface area contributed by atoms with Crippen LogP contribution in [0.5, 0.6) is 0 Å². The van der Waals surface area contributed by atoms with E-state index in [0.29, 0.717) is 17.7 Å². The van der Waals surface area contributed by atoms with Crippen molar-refractivity contribution in [2.24, 2.45) is 0 Å². The first-order chi connectivity index (χ1) is 8.18. The van der Waals surface area contributed by atoms with Gasteiger partial charge in [-0.05, 0) is 44.0 Å². The number of benzene rings is 1.